The molecule has 1 heteroatoms. The number of nitrogens with one attached hydrogen (secondary N) is 1. The number of hydrogen-bond donors (Lipinski definition) is 1. The Morgan fingerprint density at radius 2 is 2.00 bits per heavy atom. The van der Waals surface area contributed by atoms with Gasteiger partial charge in [-0.1, -0.05) is 27.2 Å². The van der Waals surface area contributed by atoms with Crippen molar-refractivity contribution in [2.24, 2.45) is 5.92 Å². The zero-order valence-electron chi connectivity index (χ0n) is 6.70. The fourth-order valence-corrected chi connectivity index (χ4v) is 0.656. The lowest BCUT2D eigenvalue weighted by molar-refractivity contribution is 0.773. The minimum Gasteiger partial charge on any atom is -0.309 e. The average molecular weight is 127 g/mol. The minimum absolute atomic E-state index is 0.455. The number of unbranched alkanes of at least 4 members (excludes halogenated alkanes) is 1. The molecule has 54 valence electrons. The Morgan fingerprint density at radius 3 is 2.33 bits per heavy atom. The normalized spacial score (nSPS) is 10.2. The average Bonchev–Trinajstić information content (AvgIpc) is 1.82. The summed E-state index contributed by atoms with van der Waals surface area (Å²) in [4.78, 5) is 0. The highest BCUT2D eigenvalue weighted by Crippen LogP contribution is 2.03. The van der Waals surface area contributed by atoms with Crippen LogP contribution in [0.2, 0.25) is 0 Å². The van der Waals surface area contributed by atoms with Crippen molar-refractivity contribution in [2.75, 3.05) is 0 Å². The third-order valence-corrected chi connectivity index (χ3v) is 1.50. The molecule has 0 bridgehead atoms. The van der Waals surface area contributed by atoms with Crippen LogP contribution in [0.15, 0.2) is 0 Å². The van der Waals surface area contributed by atoms with Crippen LogP contribution >= 0.6 is 0 Å². The molecule has 0 radical (unpaired) electrons. The topological polar surface area (TPSA) is 23.9 Å². The van der Waals surface area contributed by atoms with Crippen LogP contribution in [-0.4, -0.2) is 5.71 Å². The van der Waals surface area contributed by atoms with Gasteiger partial charge in [0.25, 0.3) is 0 Å². The molecule has 0 aromatic heterocycles. The zero-order chi connectivity index (χ0) is 7.28. The largest absolute Gasteiger partial charge is 0.309 e. The van der Waals surface area contributed by atoms with Crippen LogP contribution in [-0.2, 0) is 0 Å². The molecule has 1 N–H and O–H groups in total. The second-order valence-corrected chi connectivity index (χ2v) is 2.78. The van der Waals surface area contributed by atoms with Gasteiger partial charge in [0.1, 0.15) is 0 Å². The summed E-state index contributed by atoms with van der Waals surface area (Å²) in [5.74, 6) is 0.455. The van der Waals surface area contributed by atoms with E-state index in [2.05, 4.69) is 20.8 Å². The first-order valence-corrected chi connectivity index (χ1v) is 3.75. The van der Waals surface area contributed by atoms with Gasteiger partial charge in [0, 0.05) is 5.71 Å². The third kappa shape index (κ3) is 4.19. The van der Waals surface area contributed by atoms with Gasteiger partial charge in [0.2, 0.25) is 0 Å². The van der Waals surface area contributed by atoms with Gasteiger partial charge in [0.15, 0.2) is 0 Å². The van der Waals surface area contributed by atoms with Gasteiger partial charge >= 0.3 is 0 Å². The van der Waals surface area contributed by atoms with Gasteiger partial charge in [0.05, 0.1) is 0 Å². The molecule has 0 saturated carbocycles. The van der Waals surface area contributed by atoms with E-state index in [1.54, 1.807) is 0 Å². The van der Waals surface area contributed by atoms with E-state index in [-0.39, 0.29) is 0 Å². The van der Waals surface area contributed by atoms with E-state index in [0.717, 1.165) is 12.1 Å². The summed E-state index contributed by atoms with van der Waals surface area (Å²) in [6, 6.07) is 0. The smallest absolute Gasteiger partial charge is 0.0114 e. The van der Waals surface area contributed by atoms with Crippen LogP contribution in [0.1, 0.15) is 40.0 Å². The Bertz CT molecular complexity index is 84.6. The summed E-state index contributed by atoms with van der Waals surface area (Å²) < 4.78 is 0. The van der Waals surface area contributed by atoms with Crippen molar-refractivity contribution in [1.29, 1.82) is 5.41 Å². The van der Waals surface area contributed by atoms with Gasteiger partial charge in [-0.25, -0.2) is 0 Å². The maximum atomic E-state index is 7.45. The van der Waals surface area contributed by atoms with Crippen molar-refractivity contribution in [2.45, 2.75) is 40.0 Å². The van der Waals surface area contributed by atoms with Gasteiger partial charge in [-0.3, -0.25) is 0 Å². The Kier molecular flexibility index (Phi) is 4.37. The van der Waals surface area contributed by atoms with Crippen molar-refractivity contribution in [3.05, 3.63) is 0 Å². The molecule has 0 aromatic rings. The van der Waals surface area contributed by atoms with Crippen LogP contribution in [0, 0.1) is 11.3 Å². The van der Waals surface area contributed by atoms with Crippen molar-refractivity contribution in [1.82, 2.24) is 0 Å². The summed E-state index contributed by atoms with van der Waals surface area (Å²) in [5.41, 5.74) is 0.900. The second-order valence-electron chi connectivity index (χ2n) is 2.78. The summed E-state index contributed by atoms with van der Waals surface area (Å²) in [7, 11) is 0. The molecule has 0 aromatic carbocycles. The molecule has 0 spiro atoms. The maximum Gasteiger partial charge on any atom is 0.0114 e. The predicted molar refractivity (Wildman–Crippen MR) is 42.1 cm³/mol. The van der Waals surface area contributed by atoms with E-state index in [9.17, 15) is 0 Å². The molecule has 0 fully saturated rings. The second kappa shape index (κ2) is 4.54. The number of rotatable bonds is 4. The molecule has 0 aliphatic rings. The molecule has 0 unspecified atom stereocenters. The molecule has 0 rings (SSSR count). The van der Waals surface area contributed by atoms with E-state index >= 15 is 0 Å². The Hall–Kier alpha value is -0.330. The quantitative estimate of drug-likeness (QED) is 0.561. The molecule has 0 heterocycles. The standard InChI is InChI=1S/C8H17N/c1-4-5-6-8(9)7(2)3/h7,9H,4-6H2,1-3H3. The maximum absolute atomic E-state index is 7.45. The molecule has 0 aliphatic carbocycles. The first kappa shape index (κ1) is 8.67. The van der Waals surface area contributed by atoms with E-state index in [1.165, 1.54) is 12.8 Å². The van der Waals surface area contributed by atoms with Crippen molar-refractivity contribution in [3.8, 4) is 0 Å². The molecule has 1 nitrogen and oxygen atoms in total. The molecule has 0 aliphatic heterocycles. The predicted octanol–water partition coefficient (Wildman–Crippen LogP) is 2.85. The SMILES string of the molecule is CCCCC(=N)C(C)C. The van der Waals surface area contributed by atoms with Gasteiger partial charge in [-0.2, -0.15) is 0 Å². The van der Waals surface area contributed by atoms with Gasteiger partial charge in [-0.05, 0) is 18.8 Å². The van der Waals surface area contributed by atoms with Crippen molar-refractivity contribution in [3.63, 3.8) is 0 Å². The summed E-state index contributed by atoms with van der Waals surface area (Å²) in [6.45, 7) is 6.32. The third-order valence-electron chi connectivity index (χ3n) is 1.50. The van der Waals surface area contributed by atoms with E-state index in [1.807, 2.05) is 0 Å². The van der Waals surface area contributed by atoms with Crippen LogP contribution in [0.5, 0.6) is 0 Å². The fourth-order valence-electron chi connectivity index (χ4n) is 0.656. The monoisotopic (exact) mass is 127 g/mol. The fraction of sp³-hybridized carbons (Fsp3) is 0.875. The molecular weight excluding hydrogens is 110 g/mol. The summed E-state index contributed by atoms with van der Waals surface area (Å²) >= 11 is 0. The van der Waals surface area contributed by atoms with Crippen LogP contribution < -0.4 is 0 Å². The van der Waals surface area contributed by atoms with Gasteiger partial charge < -0.3 is 5.41 Å². The molecular formula is C8H17N. The molecule has 0 saturated heterocycles. The Balaban J connectivity index is 3.28. The Labute approximate surface area is 58.0 Å². The highest BCUT2D eigenvalue weighted by atomic mass is 14.4. The first-order valence-electron chi connectivity index (χ1n) is 3.75. The lowest BCUT2D eigenvalue weighted by Gasteiger charge is -2.04. The highest BCUT2D eigenvalue weighted by Gasteiger charge is 1.99. The van der Waals surface area contributed by atoms with Crippen LogP contribution in [0.25, 0.3) is 0 Å². The molecule has 0 amide bonds. The van der Waals surface area contributed by atoms with Gasteiger partial charge in [-0.15, -0.1) is 0 Å². The zero-order valence-corrected chi connectivity index (χ0v) is 6.70. The number of hydrogen-bond acceptors (Lipinski definition) is 1. The van der Waals surface area contributed by atoms with E-state index in [0.29, 0.717) is 5.92 Å². The Morgan fingerprint density at radius 1 is 1.44 bits per heavy atom. The van der Waals surface area contributed by atoms with Crippen molar-refractivity contribution < 1.29 is 0 Å². The highest BCUT2D eigenvalue weighted by molar-refractivity contribution is 5.82. The van der Waals surface area contributed by atoms with E-state index < -0.39 is 0 Å². The first-order chi connectivity index (χ1) is 4.18. The van der Waals surface area contributed by atoms with Crippen LogP contribution in [0.3, 0.4) is 0 Å². The summed E-state index contributed by atoms with van der Waals surface area (Å²) in [6.07, 6.45) is 3.38. The lowest BCUT2D eigenvalue weighted by Crippen LogP contribution is -2.04. The van der Waals surface area contributed by atoms with Crippen molar-refractivity contribution >= 4 is 5.71 Å². The van der Waals surface area contributed by atoms with E-state index in [4.69, 9.17) is 5.41 Å². The molecule has 9 heavy (non-hydrogen) atoms. The summed E-state index contributed by atoms with van der Waals surface area (Å²) in [5, 5.41) is 7.45. The van der Waals surface area contributed by atoms with Crippen LogP contribution in [0.4, 0.5) is 0 Å². The lowest BCUT2D eigenvalue weighted by atomic mass is 10.0. The minimum atomic E-state index is 0.455. The molecule has 0 atom stereocenters.